The van der Waals surface area contributed by atoms with Crippen LogP contribution in [-0.2, 0) is 0 Å². The molecule has 2 amide bonds. The Labute approximate surface area is 168 Å². The first-order chi connectivity index (χ1) is 13.8. The van der Waals surface area contributed by atoms with Gasteiger partial charge in [-0.25, -0.2) is 4.68 Å². The molecular formula is C21H20N6O2. The molecule has 3 aromatic rings. The largest absolute Gasteiger partial charge is 0.333 e. The SMILES string of the molecule is Cc1nn(-c2ccccc2)cc1C(=O)Nc1ccnc(C(=O)NC(C)(C)C#N)c1. The van der Waals surface area contributed by atoms with Gasteiger partial charge in [-0.2, -0.15) is 10.4 Å². The standard InChI is InChI=1S/C21H20N6O2/c1-14-17(12-27(26-14)16-7-5-4-6-8-16)19(28)24-15-9-10-23-18(11-15)20(29)25-21(2,3)13-22/h4-12H,1-3H3,(H,25,29)(H,23,24,28). The Balaban J connectivity index is 1.77. The second-order valence-electron chi connectivity index (χ2n) is 6.98. The van der Waals surface area contributed by atoms with Gasteiger partial charge in [-0.05, 0) is 45.0 Å². The Hall–Kier alpha value is -3.99. The number of para-hydroxylation sites is 1. The van der Waals surface area contributed by atoms with Crippen LogP contribution in [0.5, 0.6) is 0 Å². The van der Waals surface area contributed by atoms with Crippen molar-refractivity contribution in [1.29, 1.82) is 5.26 Å². The van der Waals surface area contributed by atoms with Crippen molar-refractivity contribution >= 4 is 17.5 Å². The number of hydrogen-bond acceptors (Lipinski definition) is 5. The number of rotatable bonds is 5. The zero-order valence-corrected chi connectivity index (χ0v) is 16.3. The highest BCUT2D eigenvalue weighted by atomic mass is 16.2. The number of amides is 2. The number of carbonyl (C=O) groups is 2. The fraction of sp³-hybridized carbons (Fsp3) is 0.190. The van der Waals surface area contributed by atoms with Crippen LogP contribution in [0.2, 0.25) is 0 Å². The number of nitriles is 1. The maximum Gasteiger partial charge on any atom is 0.271 e. The van der Waals surface area contributed by atoms with Crippen molar-refractivity contribution in [2.24, 2.45) is 0 Å². The normalized spacial score (nSPS) is 10.8. The third kappa shape index (κ3) is 4.65. The van der Waals surface area contributed by atoms with Gasteiger partial charge in [-0.3, -0.25) is 14.6 Å². The first-order valence-electron chi connectivity index (χ1n) is 8.92. The van der Waals surface area contributed by atoms with Crippen LogP contribution in [0.1, 0.15) is 40.4 Å². The summed E-state index contributed by atoms with van der Waals surface area (Å²) in [7, 11) is 0. The minimum atomic E-state index is -1.03. The molecule has 0 spiro atoms. The maximum atomic E-state index is 12.7. The molecule has 3 rings (SSSR count). The molecule has 0 fully saturated rings. The number of nitrogens with one attached hydrogen (secondary N) is 2. The highest BCUT2D eigenvalue weighted by molar-refractivity contribution is 6.05. The predicted molar refractivity (Wildman–Crippen MR) is 108 cm³/mol. The van der Waals surface area contributed by atoms with Gasteiger partial charge >= 0.3 is 0 Å². The quantitative estimate of drug-likeness (QED) is 0.698. The van der Waals surface area contributed by atoms with Gasteiger partial charge in [0.25, 0.3) is 11.8 Å². The van der Waals surface area contributed by atoms with Crippen molar-refractivity contribution in [3.8, 4) is 11.8 Å². The predicted octanol–water partition coefficient (Wildman–Crippen LogP) is 2.86. The molecule has 0 bridgehead atoms. The molecule has 146 valence electrons. The smallest absolute Gasteiger partial charge is 0.271 e. The van der Waals surface area contributed by atoms with Crippen molar-refractivity contribution in [3.63, 3.8) is 0 Å². The summed E-state index contributed by atoms with van der Waals surface area (Å²) < 4.78 is 1.64. The molecule has 0 atom stereocenters. The molecule has 2 heterocycles. The topological polar surface area (TPSA) is 113 Å². The number of carbonyl (C=O) groups excluding carboxylic acids is 2. The molecule has 0 unspecified atom stereocenters. The number of aromatic nitrogens is 3. The summed E-state index contributed by atoms with van der Waals surface area (Å²) >= 11 is 0. The summed E-state index contributed by atoms with van der Waals surface area (Å²) in [5.41, 5.74) is 1.33. The molecule has 0 radical (unpaired) electrons. The second kappa shape index (κ2) is 7.94. The Kier molecular flexibility index (Phi) is 5.41. The average molecular weight is 388 g/mol. The number of hydrogen-bond donors (Lipinski definition) is 2. The van der Waals surface area contributed by atoms with Gasteiger partial charge in [0.1, 0.15) is 11.2 Å². The first-order valence-corrected chi connectivity index (χ1v) is 8.92. The van der Waals surface area contributed by atoms with Crippen molar-refractivity contribution in [3.05, 3.63) is 71.8 Å². The van der Waals surface area contributed by atoms with Crippen LogP contribution < -0.4 is 10.6 Å². The fourth-order valence-corrected chi connectivity index (χ4v) is 2.60. The van der Waals surface area contributed by atoms with E-state index >= 15 is 0 Å². The number of nitrogens with zero attached hydrogens (tertiary/aromatic N) is 4. The minimum Gasteiger partial charge on any atom is -0.333 e. The summed E-state index contributed by atoms with van der Waals surface area (Å²) in [6.45, 7) is 4.93. The third-order valence-corrected chi connectivity index (χ3v) is 4.12. The maximum absolute atomic E-state index is 12.7. The molecule has 8 nitrogen and oxygen atoms in total. The van der Waals surface area contributed by atoms with Gasteiger partial charge in [0.05, 0.1) is 23.0 Å². The number of aryl methyl sites for hydroxylation is 1. The van der Waals surface area contributed by atoms with Gasteiger partial charge in [0.2, 0.25) is 0 Å². The van der Waals surface area contributed by atoms with Crippen LogP contribution in [0.25, 0.3) is 5.69 Å². The molecule has 0 saturated carbocycles. The van der Waals surface area contributed by atoms with E-state index in [9.17, 15) is 9.59 Å². The molecule has 8 heteroatoms. The van der Waals surface area contributed by atoms with E-state index in [1.807, 2.05) is 36.4 Å². The zero-order chi connectivity index (χ0) is 21.0. The third-order valence-electron chi connectivity index (χ3n) is 4.12. The van der Waals surface area contributed by atoms with Gasteiger partial charge in [-0.15, -0.1) is 0 Å². The van der Waals surface area contributed by atoms with E-state index in [4.69, 9.17) is 5.26 Å². The lowest BCUT2D eigenvalue weighted by atomic mass is 10.1. The van der Waals surface area contributed by atoms with Gasteiger partial charge < -0.3 is 10.6 Å². The van der Waals surface area contributed by atoms with Crippen LogP contribution in [-0.4, -0.2) is 32.1 Å². The van der Waals surface area contributed by atoms with Crippen LogP contribution in [0.15, 0.2) is 54.9 Å². The molecule has 0 aliphatic carbocycles. The molecule has 2 aromatic heterocycles. The highest BCUT2D eigenvalue weighted by Gasteiger charge is 2.21. The van der Waals surface area contributed by atoms with Crippen LogP contribution in [0.4, 0.5) is 5.69 Å². The van der Waals surface area contributed by atoms with E-state index < -0.39 is 11.4 Å². The lowest BCUT2D eigenvalue weighted by Gasteiger charge is -2.17. The van der Waals surface area contributed by atoms with E-state index in [-0.39, 0.29) is 11.6 Å². The van der Waals surface area contributed by atoms with Gasteiger partial charge in [0.15, 0.2) is 0 Å². The van der Waals surface area contributed by atoms with E-state index in [0.717, 1.165) is 5.69 Å². The van der Waals surface area contributed by atoms with Crippen molar-refractivity contribution in [1.82, 2.24) is 20.1 Å². The van der Waals surface area contributed by atoms with Crippen molar-refractivity contribution in [2.75, 3.05) is 5.32 Å². The molecule has 0 aliphatic heterocycles. The Morgan fingerprint density at radius 1 is 1.14 bits per heavy atom. The lowest BCUT2D eigenvalue weighted by Crippen LogP contribution is -2.42. The number of anilines is 1. The van der Waals surface area contributed by atoms with E-state index in [1.165, 1.54) is 12.3 Å². The van der Waals surface area contributed by atoms with Gasteiger partial charge in [-0.1, -0.05) is 18.2 Å². The van der Waals surface area contributed by atoms with Crippen molar-refractivity contribution in [2.45, 2.75) is 26.3 Å². The monoisotopic (exact) mass is 388 g/mol. The Morgan fingerprint density at radius 2 is 1.86 bits per heavy atom. The molecular weight excluding hydrogens is 368 g/mol. The summed E-state index contributed by atoms with van der Waals surface area (Å²) in [6.07, 6.45) is 3.08. The first kappa shape index (κ1) is 19.8. The molecule has 1 aromatic carbocycles. The molecule has 0 saturated heterocycles. The lowest BCUT2D eigenvalue weighted by molar-refractivity contribution is 0.0923. The van der Waals surface area contributed by atoms with Gasteiger partial charge in [0, 0.05) is 18.1 Å². The highest BCUT2D eigenvalue weighted by Crippen LogP contribution is 2.15. The molecule has 0 aliphatic rings. The van der Waals surface area contributed by atoms with E-state index in [0.29, 0.717) is 16.9 Å². The summed E-state index contributed by atoms with van der Waals surface area (Å²) in [5, 5.41) is 18.8. The van der Waals surface area contributed by atoms with Crippen molar-refractivity contribution < 1.29 is 9.59 Å². The zero-order valence-electron chi connectivity index (χ0n) is 16.3. The number of benzene rings is 1. The summed E-state index contributed by atoms with van der Waals surface area (Å²) in [5.74, 6) is -0.847. The molecule has 2 N–H and O–H groups in total. The summed E-state index contributed by atoms with van der Waals surface area (Å²) in [6, 6.07) is 14.5. The average Bonchev–Trinajstić information content (AvgIpc) is 3.10. The van der Waals surface area contributed by atoms with Crippen LogP contribution in [0, 0.1) is 18.3 Å². The Bertz CT molecular complexity index is 1100. The minimum absolute atomic E-state index is 0.0998. The van der Waals surface area contributed by atoms with Crippen LogP contribution >= 0.6 is 0 Å². The number of pyridine rings is 1. The molecule has 29 heavy (non-hydrogen) atoms. The Morgan fingerprint density at radius 3 is 2.55 bits per heavy atom. The fourth-order valence-electron chi connectivity index (χ4n) is 2.60. The second-order valence-corrected chi connectivity index (χ2v) is 6.98. The van der Waals surface area contributed by atoms with E-state index in [2.05, 4.69) is 20.7 Å². The summed E-state index contributed by atoms with van der Waals surface area (Å²) in [4.78, 5) is 29.0. The van der Waals surface area contributed by atoms with E-state index in [1.54, 1.807) is 37.7 Å². The van der Waals surface area contributed by atoms with Crippen LogP contribution in [0.3, 0.4) is 0 Å².